The highest BCUT2D eigenvalue weighted by Crippen LogP contribution is 2.34. The van der Waals surface area contributed by atoms with Gasteiger partial charge in [0.1, 0.15) is 12.6 Å². The van der Waals surface area contributed by atoms with E-state index in [0.29, 0.717) is 24.5 Å². The van der Waals surface area contributed by atoms with Crippen LogP contribution in [0.1, 0.15) is 49.8 Å². The number of hydrogen-bond donors (Lipinski definition) is 1. The van der Waals surface area contributed by atoms with Crippen molar-refractivity contribution in [3.8, 4) is 11.5 Å². The van der Waals surface area contributed by atoms with E-state index in [9.17, 15) is 18.0 Å². The van der Waals surface area contributed by atoms with Crippen LogP contribution in [0.15, 0.2) is 71.6 Å². The first-order chi connectivity index (χ1) is 20.6. The van der Waals surface area contributed by atoms with Crippen LogP contribution >= 0.6 is 0 Å². The normalized spacial score (nSPS) is 11.9. The van der Waals surface area contributed by atoms with Crippen LogP contribution in [-0.2, 0) is 26.2 Å². The molecule has 0 heterocycles. The van der Waals surface area contributed by atoms with E-state index in [1.165, 1.54) is 37.3 Å². The van der Waals surface area contributed by atoms with Gasteiger partial charge in [0.05, 0.1) is 24.8 Å². The highest BCUT2D eigenvalue weighted by Gasteiger charge is 2.34. The summed E-state index contributed by atoms with van der Waals surface area (Å²) in [5.41, 5.74) is 2.96. The average Bonchev–Trinajstić information content (AvgIpc) is 3.00. The summed E-state index contributed by atoms with van der Waals surface area (Å²) >= 11 is 0. The van der Waals surface area contributed by atoms with Gasteiger partial charge in [-0.1, -0.05) is 62.2 Å². The van der Waals surface area contributed by atoms with Crippen LogP contribution in [0.3, 0.4) is 0 Å². The Hall–Kier alpha value is -4.05. The van der Waals surface area contributed by atoms with Crippen molar-refractivity contribution in [1.82, 2.24) is 10.2 Å². The number of unbranched alkanes of at least 4 members (excludes halogenated alkanes) is 1. The SMILES string of the molecule is CCCCNC(=O)[C@@H](CC)N(Cc1ccccc1C)C(=O)CN(c1ccc(OC)c(OC)c1)S(=O)(=O)c1ccc(C)cc1. The molecule has 0 bridgehead atoms. The van der Waals surface area contributed by atoms with Crippen molar-refractivity contribution < 1.29 is 27.5 Å². The predicted octanol–water partition coefficient (Wildman–Crippen LogP) is 5.24. The van der Waals surface area contributed by atoms with Crippen molar-refractivity contribution in [2.24, 2.45) is 0 Å². The molecule has 0 aromatic heterocycles. The van der Waals surface area contributed by atoms with E-state index in [-0.39, 0.29) is 23.0 Å². The van der Waals surface area contributed by atoms with E-state index in [1.54, 1.807) is 24.3 Å². The molecule has 0 spiro atoms. The minimum absolute atomic E-state index is 0.0375. The summed E-state index contributed by atoms with van der Waals surface area (Å²) < 4.78 is 40.1. The van der Waals surface area contributed by atoms with Crippen LogP contribution in [0.25, 0.3) is 0 Å². The number of aryl methyl sites for hydroxylation is 2. The Morgan fingerprint density at radius 1 is 0.907 bits per heavy atom. The second kappa shape index (κ2) is 15.4. The Labute approximate surface area is 255 Å². The summed E-state index contributed by atoms with van der Waals surface area (Å²) in [6, 6.07) is 18.0. The van der Waals surface area contributed by atoms with Gasteiger partial charge in [-0.15, -0.1) is 0 Å². The number of methoxy groups -OCH3 is 2. The maximum absolute atomic E-state index is 14.3. The molecule has 0 aliphatic carbocycles. The predicted molar refractivity (Wildman–Crippen MR) is 169 cm³/mol. The smallest absolute Gasteiger partial charge is 0.264 e. The fourth-order valence-corrected chi connectivity index (χ4v) is 6.15. The Bertz CT molecular complexity index is 1490. The minimum Gasteiger partial charge on any atom is -0.493 e. The molecule has 0 saturated heterocycles. The molecule has 0 fully saturated rings. The van der Waals surface area contributed by atoms with Gasteiger partial charge in [0.2, 0.25) is 11.8 Å². The van der Waals surface area contributed by atoms with E-state index in [2.05, 4.69) is 5.32 Å². The number of ether oxygens (including phenoxy) is 2. The molecular weight excluding hydrogens is 566 g/mol. The zero-order valence-corrected chi connectivity index (χ0v) is 26.7. The summed E-state index contributed by atoms with van der Waals surface area (Å²) in [7, 11) is -1.26. The third-order valence-electron chi connectivity index (χ3n) is 7.36. The Kier molecular flexibility index (Phi) is 12.0. The van der Waals surface area contributed by atoms with Gasteiger partial charge in [0.25, 0.3) is 10.0 Å². The summed E-state index contributed by atoms with van der Waals surface area (Å²) in [5, 5.41) is 2.95. The van der Waals surface area contributed by atoms with Crippen LogP contribution in [0, 0.1) is 13.8 Å². The molecular formula is C33H43N3O6S. The van der Waals surface area contributed by atoms with Gasteiger partial charge in [-0.2, -0.15) is 0 Å². The van der Waals surface area contributed by atoms with Gasteiger partial charge in [0.15, 0.2) is 11.5 Å². The molecule has 1 N–H and O–H groups in total. The van der Waals surface area contributed by atoms with Crippen LogP contribution in [0.2, 0.25) is 0 Å². The molecule has 3 aromatic rings. The standard InChI is InChI=1S/C33H43N3O6S/c1-7-9-20-34-33(38)29(8-2)35(22-26-13-11-10-12-25(26)4)32(37)23-36(27-16-19-30(41-5)31(21-27)42-6)43(39,40)28-17-14-24(3)15-18-28/h10-19,21,29H,7-9,20,22-23H2,1-6H3,(H,34,38)/t29-/m1/s1. The molecule has 9 nitrogen and oxygen atoms in total. The highest BCUT2D eigenvalue weighted by atomic mass is 32.2. The number of nitrogens with one attached hydrogen (secondary N) is 1. The Morgan fingerprint density at radius 2 is 1.58 bits per heavy atom. The maximum atomic E-state index is 14.3. The molecule has 1 atom stereocenters. The largest absolute Gasteiger partial charge is 0.493 e. The van der Waals surface area contributed by atoms with E-state index < -0.39 is 28.5 Å². The average molecular weight is 610 g/mol. The lowest BCUT2D eigenvalue weighted by atomic mass is 10.1. The fourth-order valence-electron chi connectivity index (χ4n) is 4.74. The molecule has 3 rings (SSSR count). The number of nitrogens with zero attached hydrogens (tertiary/aromatic N) is 2. The van der Waals surface area contributed by atoms with Gasteiger partial charge >= 0.3 is 0 Å². The van der Waals surface area contributed by atoms with E-state index in [4.69, 9.17) is 9.47 Å². The van der Waals surface area contributed by atoms with Crippen LogP contribution in [0.4, 0.5) is 5.69 Å². The third kappa shape index (κ3) is 8.28. The summed E-state index contributed by atoms with van der Waals surface area (Å²) in [4.78, 5) is 29.2. The fraction of sp³-hybridized carbons (Fsp3) is 0.394. The number of amides is 2. The Morgan fingerprint density at radius 3 is 2.19 bits per heavy atom. The number of carbonyl (C=O) groups excluding carboxylic acids is 2. The monoisotopic (exact) mass is 609 g/mol. The van der Waals surface area contributed by atoms with Crippen molar-refractivity contribution in [2.45, 2.75) is 64.4 Å². The van der Waals surface area contributed by atoms with Crippen molar-refractivity contribution in [1.29, 1.82) is 0 Å². The summed E-state index contributed by atoms with van der Waals surface area (Å²) in [6.07, 6.45) is 2.09. The number of carbonyl (C=O) groups is 2. The molecule has 232 valence electrons. The molecule has 43 heavy (non-hydrogen) atoms. The Balaban J connectivity index is 2.10. The van der Waals surface area contributed by atoms with Gasteiger partial charge in [0, 0.05) is 19.2 Å². The van der Waals surface area contributed by atoms with Gasteiger partial charge in [-0.25, -0.2) is 8.42 Å². The van der Waals surface area contributed by atoms with E-state index in [0.717, 1.165) is 33.8 Å². The van der Waals surface area contributed by atoms with Gasteiger partial charge in [-0.3, -0.25) is 13.9 Å². The van der Waals surface area contributed by atoms with Gasteiger partial charge < -0.3 is 19.7 Å². The molecule has 0 aliphatic heterocycles. The first-order valence-electron chi connectivity index (χ1n) is 14.5. The van der Waals surface area contributed by atoms with E-state index >= 15 is 0 Å². The van der Waals surface area contributed by atoms with Crippen molar-refractivity contribution in [3.05, 3.63) is 83.4 Å². The van der Waals surface area contributed by atoms with Crippen LogP contribution in [0.5, 0.6) is 11.5 Å². The van der Waals surface area contributed by atoms with Crippen molar-refractivity contribution in [3.63, 3.8) is 0 Å². The number of sulfonamides is 1. The molecule has 2 amide bonds. The zero-order valence-electron chi connectivity index (χ0n) is 25.9. The number of rotatable bonds is 15. The third-order valence-corrected chi connectivity index (χ3v) is 9.15. The minimum atomic E-state index is -4.21. The topological polar surface area (TPSA) is 105 Å². The quantitative estimate of drug-likeness (QED) is 0.236. The highest BCUT2D eigenvalue weighted by molar-refractivity contribution is 7.92. The van der Waals surface area contributed by atoms with Gasteiger partial charge in [-0.05, 0) is 62.1 Å². The van der Waals surface area contributed by atoms with Crippen LogP contribution < -0.4 is 19.1 Å². The lowest BCUT2D eigenvalue weighted by Gasteiger charge is -2.33. The molecule has 10 heteroatoms. The second-order valence-electron chi connectivity index (χ2n) is 10.4. The summed E-state index contributed by atoms with van der Waals surface area (Å²) in [6.45, 7) is 7.81. The number of hydrogen-bond acceptors (Lipinski definition) is 6. The molecule has 0 radical (unpaired) electrons. The summed E-state index contributed by atoms with van der Waals surface area (Å²) in [5.74, 6) is -0.0422. The molecule has 0 saturated carbocycles. The van der Waals surface area contributed by atoms with Crippen molar-refractivity contribution in [2.75, 3.05) is 31.6 Å². The number of anilines is 1. The van der Waals surface area contributed by atoms with E-state index in [1.807, 2.05) is 52.0 Å². The van der Waals surface area contributed by atoms with Crippen LogP contribution in [-0.4, -0.2) is 58.5 Å². The molecule has 3 aromatic carbocycles. The first-order valence-corrected chi connectivity index (χ1v) is 15.9. The molecule has 0 unspecified atom stereocenters. The lowest BCUT2D eigenvalue weighted by molar-refractivity contribution is -0.140. The number of benzene rings is 3. The van der Waals surface area contributed by atoms with Crippen molar-refractivity contribution >= 4 is 27.5 Å². The first kappa shape index (κ1) is 33.5. The zero-order chi connectivity index (χ0) is 31.6. The molecule has 0 aliphatic rings. The lowest BCUT2D eigenvalue weighted by Crippen LogP contribution is -2.52. The maximum Gasteiger partial charge on any atom is 0.264 e. The second-order valence-corrected chi connectivity index (χ2v) is 12.2.